The Morgan fingerprint density at radius 3 is 2.32 bits per heavy atom. The second-order valence-electron chi connectivity index (χ2n) is 9.58. The topological polar surface area (TPSA) is 95.9 Å². The number of rotatable bonds is 7. The molecule has 1 heterocycles. The maximum Gasteiger partial charge on any atom is 0.407 e. The first-order valence-corrected chi connectivity index (χ1v) is 12.1. The molecule has 178 valence electrons. The summed E-state index contributed by atoms with van der Waals surface area (Å²) < 4.78 is 5.58. The summed E-state index contributed by atoms with van der Waals surface area (Å²) in [6.07, 6.45) is 0.805. The number of likely N-dealkylation sites (tertiary alicyclic amines) is 1. The molecular weight excluding hydrogens is 432 g/mol. The normalized spacial score (nSPS) is 23.3. The van der Waals surface area contributed by atoms with Crippen molar-refractivity contribution in [3.63, 3.8) is 0 Å². The molecule has 2 aromatic carbocycles. The van der Waals surface area contributed by atoms with Gasteiger partial charge in [-0.1, -0.05) is 55.5 Å². The predicted molar refractivity (Wildman–Crippen MR) is 126 cm³/mol. The van der Waals surface area contributed by atoms with Crippen molar-refractivity contribution < 1.29 is 24.2 Å². The number of carboxylic acids is 1. The van der Waals surface area contributed by atoms with Crippen LogP contribution in [0.15, 0.2) is 48.5 Å². The molecule has 2 aliphatic carbocycles. The summed E-state index contributed by atoms with van der Waals surface area (Å²) in [6, 6.07) is 16.4. The largest absolute Gasteiger partial charge is 0.481 e. The number of amides is 2. The molecule has 7 nitrogen and oxygen atoms in total. The Kier molecular flexibility index (Phi) is 6.02. The minimum Gasteiger partial charge on any atom is -0.481 e. The van der Waals surface area contributed by atoms with Crippen molar-refractivity contribution in [2.24, 2.45) is 23.7 Å². The van der Waals surface area contributed by atoms with Crippen LogP contribution < -0.4 is 5.32 Å². The van der Waals surface area contributed by atoms with E-state index in [1.165, 1.54) is 11.1 Å². The smallest absolute Gasteiger partial charge is 0.407 e. The maximum atomic E-state index is 13.0. The van der Waals surface area contributed by atoms with Crippen molar-refractivity contribution in [3.8, 4) is 11.1 Å². The molecule has 1 aliphatic heterocycles. The summed E-state index contributed by atoms with van der Waals surface area (Å²) >= 11 is 0. The average Bonchev–Trinajstić information content (AvgIpc) is 3.50. The zero-order chi connectivity index (χ0) is 23.8. The van der Waals surface area contributed by atoms with E-state index >= 15 is 0 Å². The Bertz CT molecular complexity index is 1070. The van der Waals surface area contributed by atoms with Gasteiger partial charge in [-0.15, -0.1) is 0 Å². The van der Waals surface area contributed by atoms with Crippen molar-refractivity contribution >= 4 is 18.0 Å². The van der Waals surface area contributed by atoms with Crippen LogP contribution in [0.1, 0.15) is 36.8 Å². The van der Waals surface area contributed by atoms with E-state index in [0.717, 1.165) is 17.5 Å². The predicted octanol–water partition coefficient (Wildman–Crippen LogP) is 3.73. The summed E-state index contributed by atoms with van der Waals surface area (Å²) in [4.78, 5) is 38.6. The lowest BCUT2D eigenvalue weighted by Crippen LogP contribution is -2.44. The molecule has 2 aromatic rings. The van der Waals surface area contributed by atoms with Crippen molar-refractivity contribution in [2.75, 3.05) is 26.2 Å². The van der Waals surface area contributed by atoms with Gasteiger partial charge in [0.2, 0.25) is 5.91 Å². The van der Waals surface area contributed by atoms with Crippen LogP contribution in [0.25, 0.3) is 11.1 Å². The van der Waals surface area contributed by atoms with Crippen LogP contribution in [-0.4, -0.2) is 54.2 Å². The van der Waals surface area contributed by atoms with Crippen LogP contribution in [0.3, 0.4) is 0 Å². The van der Waals surface area contributed by atoms with Gasteiger partial charge in [-0.3, -0.25) is 9.59 Å². The number of alkyl carbamates (subject to hydrolysis) is 1. The van der Waals surface area contributed by atoms with Crippen LogP contribution in [0.4, 0.5) is 4.79 Å². The number of nitrogens with zero attached hydrogens (tertiary/aromatic N) is 1. The molecule has 1 saturated carbocycles. The van der Waals surface area contributed by atoms with E-state index in [2.05, 4.69) is 29.6 Å². The molecule has 2 N–H and O–H groups in total. The molecule has 2 fully saturated rings. The molecule has 5 rings (SSSR count). The van der Waals surface area contributed by atoms with Crippen molar-refractivity contribution in [2.45, 2.75) is 25.7 Å². The van der Waals surface area contributed by atoms with Crippen LogP contribution in [0, 0.1) is 23.7 Å². The number of benzene rings is 2. The molecule has 4 atom stereocenters. The first-order valence-electron chi connectivity index (χ1n) is 12.1. The van der Waals surface area contributed by atoms with Gasteiger partial charge in [0.15, 0.2) is 0 Å². The third kappa shape index (κ3) is 4.04. The van der Waals surface area contributed by atoms with Gasteiger partial charge in [0, 0.05) is 25.6 Å². The van der Waals surface area contributed by atoms with E-state index in [1.54, 1.807) is 4.90 Å². The first-order chi connectivity index (χ1) is 16.5. The first kappa shape index (κ1) is 22.4. The Morgan fingerprint density at radius 2 is 1.71 bits per heavy atom. The quantitative estimate of drug-likeness (QED) is 0.654. The molecule has 2 amide bonds. The van der Waals surface area contributed by atoms with Gasteiger partial charge < -0.3 is 20.1 Å². The molecule has 0 spiro atoms. The molecular formula is C27H30N2O5. The second kappa shape index (κ2) is 9.12. The standard InChI is InChI=1S/C27H30N2O5/c1-2-16(25(30)29-12-11-21-22(14-29)24(21)26(31)32)13-28-27(33)34-15-23-19-9-5-3-7-17(19)18-8-4-6-10-20(18)23/h3-10,16,21-24H,2,11-15H2,1H3,(H,28,33)(H,31,32). The zero-order valence-corrected chi connectivity index (χ0v) is 19.3. The fourth-order valence-corrected chi connectivity index (χ4v) is 5.83. The number of carboxylic acid groups (broad SMARTS) is 1. The molecule has 34 heavy (non-hydrogen) atoms. The molecule has 1 saturated heterocycles. The Balaban J connectivity index is 1.14. The maximum absolute atomic E-state index is 13.0. The SMILES string of the molecule is CCC(CNC(=O)OCC1c2ccccc2-c2ccccc21)C(=O)N1CCC2C(C1)C2C(=O)O. The number of hydrogen-bond acceptors (Lipinski definition) is 4. The Morgan fingerprint density at radius 1 is 1.06 bits per heavy atom. The van der Waals surface area contributed by atoms with Crippen LogP contribution in [0.2, 0.25) is 0 Å². The van der Waals surface area contributed by atoms with Crippen LogP contribution >= 0.6 is 0 Å². The zero-order valence-electron chi connectivity index (χ0n) is 19.3. The lowest BCUT2D eigenvalue weighted by Gasteiger charge is -2.29. The van der Waals surface area contributed by atoms with E-state index < -0.39 is 12.1 Å². The highest BCUT2D eigenvalue weighted by molar-refractivity contribution is 5.81. The second-order valence-corrected chi connectivity index (χ2v) is 9.58. The molecule has 3 aliphatic rings. The number of ether oxygens (including phenoxy) is 1. The van der Waals surface area contributed by atoms with Gasteiger partial charge in [0.1, 0.15) is 6.61 Å². The summed E-state index contributed by atoms with van der Waals surface area (Å²) in [5, 5.41) is 12.1. The number of hydrogen-bond donors (Lipinski definition) is 2. The van der Waals surface area contributed by atoms with Gasteiger partial charge in [-0.2, -0.15) is 0 Å². The highest BCUT2D eigenvalue weighted by atomic mass is 16.5. The monoisotopic (exact) mass is 462 g/mol. The third-order valence-corrected chi connectivity index (χ3v) is 7.77. The van der Waals surface area contributed by atoms with Crippen LogP contribution in [0.5, 0.6) is 0 Å². The highest BCUT2D eigenvalue weighted by Crippen LogP contribution is 2.51. The van der Waals surface area contributed by atoms with E-state index in [-0.39, 0.29) is 48.6 Å². The Labute approximate surface area is 199 Å². The minimum absolute atomic E-state index is 0.0104. The van der Waals surface area contributed by atoms with Crippen molar-refractivity contribution in [1.29, 1.82) is 0 Å². The third-order valence-electron chi connectivity index (χ3n) is 7.77. The van der Waals surface area contributed by atoms with Crippen molar-refractivity contribution in [1.82, 2.24) is 10.2 Å². The van der Waals surface area contributed by atoms with E-state index in [9.17, 15) is 19.5 Å². The van der Waals surface area contributed by atoms with Gasteiger partial charge >= 0.3 is 12.1 Å². The molecule has 0 aromatic heterocycles. The Hall–Kier alpha value is -3.35. The van der Waals surface area contributed by atoms with E-state index in [4.69, 9.17) is 4.74 Å². The molecule has 0 radical (unpaired) electrons. The minimum atomic E-state index is -0.756. The number of carbonyl (C=O) groups excluding carboxylic acids is 2. The average molecular weight is 463 g/mol. The lowest BCUT2D eigenvalue weighted by molar-refractivity contribution is -0.140. The van der Waals surface area contributed by atoms with Gasteiger partial charge in [0.05, 0.1) is 11.8 Å². The molecule has 7 heteroatoms. The van der Waals surface area contributed by atoms with Gasteiger partial charge in [0.25, 0.3) is 0 Å². The van der Waals surface area contributed by atoms with Crippen LogP contribution in [-0.2, 0) is 14.3 Å². The fraction of sp³-hybridized carbons (Fsp3) is 0.444. The molecule has 4 unspecified atom stereocenters. The number of fused-ring (bicyclic) bond motifs is 4. The van der Waals surface area contributed by atoms with Gasteiger partial charge in [-0.05, 0) is 46.9 Å². The highest BCUT2D eigenvalue weighted by Gasteiger charge is 2.57. The van der Waals surface area contributed by atoms with Crippen molar-refractivity contribution in [3.05, 3.63) is 59.7 Å². The van der Waals surface area contributed by atoms with E-state index in [1.807, 2.05) is 31.2 Å². The number of nitrogens with one attached hydrogen (secondary N) is 1. The summed E-state index contributed by atoms with van der Waals surface area (Å²) in [5.74, 6) is -1.16. The van der Waals surface area contributed by atoms with Gasteiger partial charge in [-0.25, -0.2) is 4.79 Å². The number of aliphatic carboxylic acids is 1. The lowest BCUT2D eigenvalue weighted by atomic mass is 9.98. The molecule has 0 bridgehead atoms. The number of carbonyl (C=O) groups is 3. The summed E-state index contributed by atoms with van der Waals surface area (Å²) in [5.41, 5.74) is 4.66. The van der Waals surface area contributed by atoms with E-state index in [0.29, 0.717) is 19.5 Å². The summed E-state index contributed by atoms with van der Waals surface area (Å²) in [6.45, 7) is 3.45. The summed E-state index contributed by atoms with van der Waals surface area (Å²) in [7, 11) is 0. The number of piperidine rings is 1. The fourth-order valence-electron chi connectivity index (χ4n) is 5.83.